The number of thiophene rings is 1. The molecule has 0 fully saturated rings. The number of thiazole rings is 1. The molecule has 2 aromatic heterocycles. The van der Waals surface area contributed by atoms with Gasteiger partial charge in [-0.05, 0) is 42.6 Å². The van der Waals surface area contributed by atoms with Gasteiger partial charge in [0.05, 0.1) is 5.51 Å². The number of aromatic nitrogens is 1. The molecule has 1 atom stereocenters. The predicted octanol–water partition coefficient (Wildman–Crippen LogP) is 4.78. The summed E-state index contributed by atoms with van der Waals surface area (Å²) in [5.41, 5.74) is 1.87. The van der Waals surface area contributed by atoms with E-state index in [1.807, 2.05) is 17.8 Å². The van der Waals surface area contributed by atoms with Crippen LogP contribution in [0.2, 0.25) is 0 Å². The van der Waals surface area contributed by atoms with Crippen LogP contribution in [0.4, 0.5) is 4.39 Å². The zero-order valence-corrected chi connectivity index (χ0v) is 13.4. The lowest BCUT2D eigenvalue weighted by atomic mass is 10.1. The van der Waals surface area contributed by atoms with Gasteiger partial charge in [-0.15, -0.1) is 22.7 Å². The van der Waals surface area contributed by atoms with Crippen molar-refractivity contribution in [2.75, 3.05) is 6.54 Å². The van der Waals surface area contributed by atoms with Gasteiger partial charge in [-0.2, -0.15) is 0 Å². The minimum Gasteiger partial charge on any atom is -0.309 e. The lowest BCUT2D eigenvalue weighted by Crippen LogP contribution is -2.22. The van der Waals surface area contributed by atoms with Crippen LogP contribution in [0.3, 0.4) is 0 Å². The molecular formula is C16H17FN2S2. The molecule has 0 radical (unpaired) electrons. The average Bonchev–Trinajstić information content (AvgIpc) is 3.11. The average molecular weight is 320 g/mol. The van der Waals surface area contributed by atoms with Crippen LogP contribution in [0, 0.1) is 5.82 Å². The lowest BCUT2D eigenvalue weighted by molar-refractivity contribution is 0.539. The first-order chi connectivity index (χ1) is 10.3. The van der Waals surface area contributed by atoms with Gasteiger partial charge in [0.25, 0.3) is 0 Å². The molecule has 3 rings (SSSR count). The van der Waals surface area contributed by atoms with Crippen LogP contribution < -0.4 is 5.32 Å². The summed E-state index contributed by atoms with van der Waals surface area (Å²) in [6.07, 6.45) is 3.96. The maximum absolute atomic E-state index is 13.3. The highest BCUT2D eigenvalue weighted by atomic mass is 32.1. The third-order valence-corrected chi connectivity index (χ3v) is 5.40. The number of nitrogens with zero attached hydrogens (tertiary/aromatic N) is 1. The van der Waals surface area contributed by atoms with Crippen molar-refractivity contribution in [3.05, 3.63) is 51.5 Å². The largest absolute Gasteiger partial charge is 0.309 e. The number of benzene rings is 1. The van der Waals surface area contributed by atoms with E-state index in [1.54, 1.807) is 28.7 Å². The van der Waals surface area contributed by atoms with Crippen LogP contribution in [0.15, 0.2) is 36.0 Å². The van der Waals surface area contributed by atoms with Crippen molar-refractivity contribution < 1.29 is 4.39 Å². The summed E-state index contributed by atoms with van der Waals surface area (Å²) in [5, 5.41) is 4.58. The Labute approximate surface area is 131 Å². The van der Waals surface area contributed by atoms with Gasteiger partial charge < -0.3 is 5.32 Å². The zero-order valence-electron chi connectivity index (χ0n) is 11.8. The number of nitrogens with one attached hydrogen (secondary N) is 1. The summed E-state index contributed by atoms with van der Waals surface area (Å²) >= 11 is 3.42. The van der Waals surface area contributed by atoms with Gasteiger partial charge in [-0.3, -0.25) is 4.98 Å². The number of halogens is 1. The van der Waals surface area contributed by atoms with Crippen molar-refractivity contribution in [1.29, 1.82) is 0 Å². The standard InChI is InChI=1S/C16H17FN2S2/c1-2-5-19-14(8-13-9-18-10-20-13)16-7-11-6-12(17)3-4-15(11)21-16/h3-4,6-7,9-10,14,19H,2,5,8H2,1H3. The number of rotatable bonds is 6. The molecule has 1 N–H and O–H groups in total. The summed E-state index contributed by atoms with van der Waals surface area (Å²) in [6, 6.07) is 7.38. The molecule has 1 aromatic carbocycles. The maximum Gasteiger partial charge on any atom is 0.123 e. The number of hydrogen-bond acceptors (Lipinski definition) is 4. The Morgan fingerprint density at radius 1 is 1.33 bits per heavy atom. The highest BCUT2D eigenvalue weighted by Crippen LogP contribution is 2.32. The van der Waals surface area contributed by atoms with E-state index in [2.05, 4.69) is 23.3 Å². The molecule has 0 bridgehead atoms. The highest BCUT2D eigenvalue weighted by molar-refractivity contribution is 7.19. The van der Waals surface area contributed by atoms with Crippen LogP contribution in [0.1, 0.15) is 29.1 Å². The number of hydrogen-bond donors (Lipinski definition) is 1. The highest BCUT2D eigenvalue weighted by Gasteiger charge is 2.15. The SMILES string of the molecule is CCCNC(Cc1cncs1)c1cc2cc(F)ccc2s1. The van der Waals surface area contributed by atoms with Gasteiger partial charge in [0, 0.05) is 33.1 Å². The van der Waals surface area contributed by atoms with Gasteiger partial charge >= 0.3 is 0 Å². The second-order valence-corrected chi connectivity index (χ2v) is 7.10. The van der Waals surface area contributed by atoms with Crippen molar-refractivity contribution in [1.82, 2.24) is 10.3 Å². The first-order valence-corrected chi connectivity index (χ1v) is 8.75. The fraction of sp³-hybridized carbons (Fsp3) is 0.312. The summed E-state index contributed by atoms with van der Waals surface area (Å²) in [6.45, 7) is 3.14. The molecule has 0 aliphatic heterocycles. The molecule has 0 saturated carbocycles. The molecule has 0 saturated heterocycles. The maximum atomic E-state index is 13.3. The molecule has 1 unspecified atom stereocenters. The minimum absolute atomic E-state index is 0.174. The Bertz CT molecular complexity index is 706. The van der Waals surface area contributed by atoms with Crippen LogP contribution in [0.5, 0.6) is 0 Å². The second-order valence-electron chi connectivity index (χ2n) is 5.01. The van der Waals surface area contributed by atoms with Crippen molar-refractivity contribution in [3.8, 4) is 0 Å². The first kappa shape index (κ1) is 14.6. The molecule has 21 heavy (non-hydrogen) atoms. The van der Waals surface area contributed by atoms with E-state index in [0.29, 0.717) is 0 Å². The Kier molecular flexibility index (Phi) is 4.63. The van der Waals surface area contributed by atoms with Crippen LogP contribution >= 0.6 is 22.7 Å². The Hall–Kier alpha value is -1.30. The third-order valence-electron chi connectivity index (χ3n) is 3.37. The van der Waals surface area contributed by atoms with Gasteiger partial charge in [0.15, 0.2) is 0 Å². The van der Waals surface area contributed by atoms with Crippen molar-refractivity contribution in [3.63, 3.8) is 0 Å². The van der Waals surface area contributed by atoms with E-state index in [-0.39, 0.29) is 11.9 Å². The first-order valence-electron chi connectivity index (χ1n) is 7.06. The monoisotopic (exact) mass is 320 g/mol. The van der Waals surface area contributed by atoms with Crippen molar-refractivity contribution in [2.24, 2.45) is 0 Å². The molecule has 5 heteroatoms. The van der Waals surface area contributed by atoms with Crippen LogP contribution in [-0.4, -0.2) is 11.5 Å². The van der Waals surface area contributed by atoms with Crippen molar-refractivity contribution in [2.45, 2.75) is 25.8 Å². The number of fused-ring (bicyclic) bond motifs is 1. The fourth-order valence-electron chi connectivity index (χ4n) is 2.34. The van der Waals surface area contributed by atoms with Gasteiger partial charge in [0.2, 0.25) is 0 Å². The second kappa shape index (κ2) is 6.64. The Morgan fingerprint density at radius 2 is 2.24 bits per heavy atom. The normalized spacial score (nSPS) is 12.9. The molecule has 0 aliphatic carbocycles. The topological polar surface area (TPSA) is 24.9 Å². The molecule has 2 nitrogen and oxygen atoms in total. The smallest absolute Gasteiger partial charge is 0.123 e. The minimum atomic E-state index is -0.174. The molecular weight excluding hydrogens is 303 g/mol. The Morgan fingerprint density at radius 3 is 3.00 bits per heavy atom. The molecule has 2 heterocycles. The molecule has 3 aromatic rings. The van der Waals surface area contributed by atoms with E-state index < -0.39 is 0 Å². The van der Waals surface area contributed by atoms with Gasteiger partial charge in [-0.1, -0.05) is 6.92 Å². The van der Waals surface area contributed by atoms with Crippen LogP contribution in [0.25, 0.3) is 10.1 Å². The Balaban J connectivity index is 1.89. The molecule has 0 aliphatic rings. The van der Waals surface area contributed by atoms with Gasteiger partial charge in [-0.25, -0.2) is 4.39 Å². The summed E-state index contributed by atoms with van der Waals surface area (Å²) in [4.78, 5) is 6.68. The predicted molar refractivity (Wildman–Crippen MR) is 88.6 cm³/mol. The summed E-state index contributed by atoms with van der Waals surface area (Å²) in [5.74, 6) is -0.174. The zero-order chi connectivity index (χ0) is 14.7. The molecule has 0 amide bonds. The summed E-state index contributed by atoms with van der Waals surface area (Å²) < 4.78 is 14.5. The van der Waals surface area contributed by atoms with E-state index >= 15 is 0 Å². The van der Waals surface area contributed by atoms with E-state index in [4.69, 9.17) is 0 Å². The molecule has 0 spiro atoms. The fourth-order valence-corrected chi connectivity index (χ4v) is 4.10. The summed E-state index contributed by atoms with van der Waals surface area (Å²) in [7, 11) is 0. The molecule has 110 valence electrons. The van der Waals surface area contributed by atoms with Gasteiger partial charge in [0.1, 0.15) is 5.82 Å². The van der Waals surface area contributed by atoms with E-state index in [1.165, 1.54) is 15.8 Å². The third kappa shape index (κ3) is 3.48. The quantitative estimate of drug-likeness (QED) is 0.707. The van der Waals surface area contributed by atoms with E-state index in [0.717, 1.165) is 29.5 Å². The lowest BCUT2D eigenvalue weighted by Gasteiger charge is -2.16. The van der Waals surface area contributed by atoms with E-state index in [9.17, 15) is 4.39 Å². The van der Waals surface area contributed by atoms with Crippen LogP contribution in [-0.2, 0) is 6.42 Å². The van der Waals surface area contributed by atoms with Crippen molar-refractivity contribution >= 4 is 32.8 Å².